The van der Waals surface area contributed by atoms with Crippen molar-refractivity contribution < 1.29 is 26.3 Å². The smallest absolute Gasteiger partial charge is 0.313 e. The average Bonchev–Trinajstić information content (AvgIpc) is 2.30. The van der Waals surface area contributed by atoms with Crippen molar-refractivity contribution in [1.82, 2.24) is 0 Å². The van der Waals surface area contributed by atoms with E-state index in [0.717, 1.165) is 25.9 Å². The fourth-order valence-electron chi connectivity index (χ4n) is 1.72. The number of halogens is 1. The zero-order valence-corrected chi connectivity index (χ0v) is 9.56. The predicted octanol–water partition coefficient (Wildman–Crippen LogP) is -1.44. The van der Waals surface area contributed by atoms with Gasteiger partial charge in [0, 0.05) is 6.42 Å². The van der Waals surface area contributed by atoms with Crippen molar-refractivity contribution >= 4 is 5.91 Å². The Morgan fingerprint density at radius 1 is 1.50 bits per heavy atom. The van der Waals surface area contributed by atoms with E-state index in [9.17, 15) is 4.79 Å². The third-order valence-corrected chi connectivity index (χ3v) is 2.65. The summed E-state index contributed by atoms with van der Waals surface area (Å²) in [5.41, 5.74) is 0. The van der Waals surface area contributed by atoms with E-state index in [0.29, 0.717) is 10.4 Å². The minimum Gasteiger partial charge on any atom is -1.00 e. The van der Waals surface area contributed by atoms with Crippen LogP contribution in [0.15, 0.2) is 0 Å². The van der Waals surface area contributed by atoms with E-state index in [1.165, 1.54) is 12.8 Å². The minimum atomic E-state index is 0. The molecule has 72 valence electrons. The highest BCUT2D eigenvalue weighted by atomic mass is 79.9. The van der Waals surface area contributed by atoms with Crippen LogP contribution >= 0.6 is 0 Å². The first-order valence-corrected chi connectivity index (χ1v) is 4.57. The SMILES string of the molecule is CCCC[N+]1(C)CCCC1=O.[Br-]. The lowest BCUT2D eigenvalue weighted by Gasteiger charge is -2.25. The number of likely N-dealkylation sites (tertiary alicyclic amines) is 1. The maximum absolute atomic E-state index is 11.4. The van der Waals surface area contributed by atoms with Gasteiger partial charge in [0.15, 0.2) is 0 Å². The van der Waals surface area contributed by atoms with E-state index in [2.05, 4.69) is 14.0 Å². The van der Waals surface area contributed by atoms with Crippen LogP contribution in [0.4, 0.5) is 0 Å². The highest BCUT2D eigenvalue weighted by molar-refractivity contribution is 5.70. The number of hydrogen-bond acceptors (Lipinski definition) is 1. The molecule has 2 nitrogen and oxygen atoms in total. The predicted molar refractivity (Wildman–Crippen MR) is 45.1 cm³/mol. The lowest BCUT2D eigenvalue weighted by atomic mass is 10.3. The summed E-state index contributed by atoms with van der Waals surface area (Å²) in [4.78, 5) is 11.4. The Kier molecular flexibility index (Phi) is 5.02. The molecule has 1 fully saturated rings. The largest absolute Gasteiger partial charge is 1.00 e. The first-order chi connectivity index (χ1) is 5.19. The molecular formula is C9H18BrNO. The Labute approximate surface area is 85.3 Å². The van der Waals surface area contributed by atoms with Gasteiger partial charge in [-0.05, 0) is 6.42 Å². The van der Waals surface area contributed by atoms with E-state index in [1.807, 2.05) is 0 Å². The first-order valence-electron chi connectivity index (χ1n) is 4.57. The van der Waals surface area contributed by atoms with Crippen LogP contribution in [-0.4, -0.2) is 30.5 Å². The molecule has 1 atom stereocenters. The number of carbonyl (C=O) groups is 1. The summed E-state index contributed by atoms with van der Waals surface area (Å²) in [7, 11) is 2.07. The van der Waals surface area contributed by atoms with Crippen molar-refractivity contribution in [3.05, 3.63) is 0 Å². The average molecular weight is 236 g/mol. The quantitative estimate of drug-likeness (QED) is 0.548. The third kappa shape index (κ3) is 2.56. The molecule has 1 amide bonds. The van der Waals surface area contributed by atoms with Crippen molar-refractivity contribution in [3.63, 3.8) is 0 Å². The normalized spacial score (nSPS) is 28.7. The highest BCUT2D eigenvalue weighted by Crippen LogP contribution is 2.18. The molecule has 3 heteroatoms. The molecule has 0 bridgehead atoms. The Morgan fingerprint density at radius 3 is 2.58 bits per heavy atom. The van der Waals surface area contributed by atoms with Gasteiger partial charge in [-0.15, -0.1) is 0 Å². The van der Waals surface area contributed by atoms with Gasteiger partial charge in [0.25, 0.3) is 0 Å². The van der Waals surface area contributed by atoms with E-state index in [4.69, 9.17) is 0 Å². The van der Waals surface area contributed by atoms with Gasteiger partial charge in [0.05, 0.1) is 26.6 Å². The van der Waals surface area contributed by atoms with Gasteiger partial charge >= 0.3 is 5.91 Å². The van der Waals surface area contributed by atoms with Crippen LogP contribution in [0.3, 0.4) is 0 Å². The van der Waals surface area contributed by atoms with Gasteiger partial charge in [0.2, 0.25) is 0 Å². The fourth-order valence-corrected chi connectivity index (χ4v) is 1.72. The Morgan fingerprint density at radius 2 is 2.17 bits per heavy atom. The van der Waals surface area contributed by atoms with Gasteiger partial charge < -0.3 is 17.0 Å². The van der Waals surface area contributed by atoms with E-state index in [1.54, 1.807) is 0 Å². The van der Waals surface area contributed by atoms with Crippen molar-refractivity contribution in [3.8, 4) is 0 Å². The highest BCUT2D eigenvalue weighted by Gasteiger charge is 2.35. The number of rotatable bonds is 3. The maximum atomic E-state index is 11.4. The van der Waals surface area contributed by atoms with Crippen LogP contribution in [0.1, 0.15) is 32.6 Å². The van der Waals surface area contributed by atoms with Gasteiger partial charge in [-0.1, -0.05) is 13.3 Å². The van der Waals surface area contributed by atoms with Crippen LogP contribution in [0.2, 0.25) is 0 Å². The molecule has 0 saturated carbocycles. The molecule has 0 aliphatic carbocycles. The van der Waals surface area contributed by atoms with Crippen LogP contribution < -0.4 is 17.0 Å². The topological polar surface area (TPSA) is 17.1 Å². The molecule has 1 saturated heterocycles. The number of nitrogens with zero attached hydrogens (tertiary/aromatic N) is 1. The van der Waals surface area contributed by atoms with Crippen molar-refractivity contribution in [2.75, 3.05) is 20.1 Å². The molecule has 1 rings (SSSR count). The molecule has 0 radical (unpaired) electrons. The van der Waals surface area contributed by atoms with Gasteiger partial charge in [-0.2, -0.15) is 0 Å². The standard InChI is InChI=1S/C9H18NO.BrH/c1-3-4-7-10(2)8-5-6-9(10)11;/h3-8H2,1-2H3;1H/q+1;/p-1. The lowest BCUT2D eigenvalue weighted by Crippen LogP contribution is -3.00. The minimum absolute atomic E-state index is 0. The van der Waals surface area contributed by atoms with Crippen LogP contribution in [0.25, 0.3) is 0 Å². The lowest BCUT2D eigenvalue weighted by molar-refractivity contribution is -0.826. The molecule has 0 aromatic rings. The molecule has 0 N–H and O–H groups in total. The maximum Gasteiger partial charge on any atom is 0.313 e. The zero-order valence-electron chi connectivity index (χ0n) is 7.98. The van der Waals surface area contributed by atoms with E-state index in [-0.39, 0.29) is 17.0 Å². The summed E-state index contributed by atoms with van der Waals surface area (Å²) in [6.45, 7) is 4.29. The molecular weight excluding hydrogens is 218 g/mol. The fraction of sp³-hybridized carbons (Fsp3) is 0.889. The second kappa shape index (κ2) is 4.97. The number of amides is 1. The molecule has 1 aliphatic rings. The number of carbonyl (C=O) groups excluding carboxylic acids is 1. The molecule has 0 aromatic heterocycles. The summed E-state index contributed by atoms with van der Waals surface area (Å²) in [6.07, 6.45) is 4.28. The number of quaternary nitrogens is 1. The summed E-state index contributed by atoms with van der Waals surface area (Å²) in [5, 5.41) is 0. The van der Waals surface area contributed by atoms with Gasteiger partial charge in [0.1, 0.15) is 0 Å². The van der Waals surface area contributed by atoms with Gasteiger partial charge in [-0.3, -0.25) is 4.48 Å². The Bertz CT molecular complexity index is 161. The Hall–Kier alpha value is 0.110. The van der Waals surface area contributed by atoms with Crippen LogP contribution in [0, 0.1) is 0 Å². The Balaban J connectivity index is 0.00000121. The van der Waals surface area contributed by atoms with Crippen molar-refractivity contribution in [2.45, 2.75) is 32.6 Å². The third-order valence-electron chi connectivity index (χ3n) is 2.65. The molecule has 0 spiro atoms. The van der Waals surface area contributed by atoms with Crippen LogP contribution in [0.5, 0.6) is 0 Å². The summed E-state index contributed by atoms with van der Waals surface area (Å²) in [6, 6.07) is 0. The van der Waals surface area contributed by atoms with E-state index < -0.39 is 0 Å². The second-order valence-corrected chi connectivity index (χ2v) is 3.69. The van der Waals surface area contributed by atoms with E-state index >= 15 is 0 Å². The number of unbranched alkanes of at least 4 members (excludes halogenated alkanes) is 1. The second-order valence-electron chi connectivity index (χ2n) is 3.69. The first kappa shape index (κ1) is 12.1. The zero-order chi connectivity index (χ0) is 8.32. The summed E-state index contributed by atoms with van der Waals surface area (Å²) < 4.78 is 0.702. The monoisotopic (exact) mass is 235 g/mol. The van der Waals surface area contributed by atoms with Crippen molar-refractivity contribution in [1.29, 1.82) is 0 Å². The van der Waals surface area contributed by atoms with Crippen molar-refractivity contribution in [2.24, 2.45) is 0 Å². The number of hydrogen-bond donors (Lipinski definition) is 0. The molecule has 1 aliphatic heterocycles. The van der Waals surface area contributed by atoms with Crippen LogP contribution in [-0.2, 0) is 4.79 Å². The summed E-state index contributed by atoms with van der Waals surface area (Å²) >= 11 is 0. The van der Waals surface area contributed by atoms with Gasteiger partial charge in [-0.25, -0.2) is 4.79 Å². The molecule has 12 heavy (non-hydrogen) atoms. The summed E-state index contributed by atoms with van der Waals surface area (Å²) in [5.74, 6) is 0.443. The molecule has 1 unspecified atom stereocenters. The molecule has 1 heterocycles. The molecule has 0 aromatic carbocycles.